The number of nitrogens with two attached hydrogens (primary N) is 1. The highest BCUT2D eigenvalue weighted by molar-refractivity contribution is 5.86. The Labute approximate surface area is 123 Å². The summed E-state index contributed by atoms with van der Waals surface area (Å²) in [7, 11) is 0. The van der Waals surface area contributed by atoms with Crippen molar-refractivity contribution < 1.29 is 9.59 Å². The van der Waals surface area contributed by atoms with Crippen molar-refractivity contribution in [1.82, 2.24) is 5.32 Å². The third-order valence-corrected chi connectivity index (χ3v) is 3.53. The van der Waals surface area contributed by atoms with Crippen LogP contribution in [0.25, 0.3) is 0 Å². The van der Waals surface area contributed by atoms with Crippen molar-refractivity contribution in [3.8, 4) is 0 Å². The van der Waals surface area contributed by atoms with Crippen LogP contribution in [-0.4, -0.2) is 17.9 Å². The van der Waals surface area contributed by atoms with E-state index in [1.54, 1.807) is 0 Å². The molecule has 0 bridgehead atoms. The summed E-state index contributed by atoms with van der Waals surface area (Å²) in [4.78, 5) is 23.0. The van der Waals surface area contributed by atoms with Crippen LogP contribution < -0.4 is 11.1 Å². The second-order valence-electron chi connectivity index (χ2n) is 5.54. The maximum atomic E-state index is 11.7. The van der Waals surface area contributed by atoms with Gasteiger partial charge in [0.2, 0.25) is 11.8 Å². The van der Waals surface area contributed by atoms with Gasteiger partial charge in [-0.05, 0) is 12.8 Å². The fourth-order valence-corrected chi connectivity index (χ4v) is 2.20. The van der Waals surface area contributed by atoms with E-state index in [-0.39, 0.29) is 5.91 Å². The summed E-state index contributed by atoms with van der Waals surface area (Å²) < 4.78 is 0. The highest BCUT2D eigenvalue weighted by Crippen LogP contribution is 2.08. The largest absolute Gasteiger partial charge is 0.368 e. The van der Waals surface area contributed by atoms with Crippen molar-refractivity contribution in [1.29, 1.82) is 0 Å². The van der Waals surface area contributed by atoms with E-state index >= 15 is 0 Å². The average Bonchev–Trinajstić information content (AvgIpc) is 2.42. The Balaban J connectivity index is 3.66. The molecule has 2 amide bonds. The van der Waals surface area contributed by atoms with Gasteiger partial charge in [-0.25, -0.2) is 0 Å². The van der Waals surface area contributed by atoms with Crippen LogP contribution >= 0.6 is 0 Å². The Morgan fingerprint density at radius 1 is 0.900 bits per heavy atom. The minimum absolute atomic E-state index is 0.0431. The summed E-state index contributed by atoms with van der Waals surface area (Å²) >= 11 is 0. The molecular weight excluding hydrogens is 252 g/mol. The van der Waals surface area contributed by atoms with Crippen LogP contribution in [0.2, 0.25) is 0 Å². The molecule has 0 radical (unpaired) electrons. The number of primary amides is 1. The lowest BCUT2D eigenvalue weighted by atomic mass is 10.1. The van der Waals surface area contributed by atoms with Gasteiger partial charge >= 0.3 is 0 Å². The molecule has 20 heavy (non-hydrogen) atoms. The average molecular weight is 284 g/mol. The van der Waals surface area contributed by atoms with E-state index < -0.39 is 11.9 Å². The van der Waals surface area contributed by atoms with Crippen LogP contribution in [0.4, 0.5) is 0 Å². The summed E-state index contributed by atoms with van der Waals surface area (Å²) in [6.45, 7) is 4.26. The predicted octanol–water partition coefficient (Wildman–Crippen LogP) is 3.29. The van der Waals surface area contributed by atoms with Crippen molar-refractivity contribution in [2.24, 2.45) is 5.73 Å². The quantitative estimate of drug-likeness (QED) is 0.509. The van der Waals surface area contributed by atoms with Gasteiger partial charge in [0.15, 0.2) is 0 Å². The molecule has 0 aliphatic carbocycles. The molecular formula is C16H32N2O2. The van der Waals surface area contributed by atoms with Crippen molar-refractivity contribution in [2.75, 3.05) is 0 Å². The Morgan fingerprint density at radius 3 is 2.00 bits per heavy atom. The number of hydrogen-bond acceptors (Lipinski definition) is 2. The molecule has 0 rings (SSSR count). The second kappa shape index (κ2) is 12.9. The van der Waals surface area contributed by atoms with E-state index in [0.29, 0.717) is 12.8 Å². The van der Waals surface area contributed by atoms with Gasteiger partial charge in [0, 0.05) is 6.42 Å². The monoisotopic (exact) mass is 284 g/mol. The van der Waals surface area contributed by atoms with Crippen LogP contribution in [-0.2, 0) is 9.59 Å². The van der Waals surface area contributed by atoms with Crippen molar-refractivity contribution in [2.45, 2.75) is 90.5 Å². The Bertz CT molecular complexity index is 267. The minimum atomic E-state index is -0.494. The van der Waals surface area contributed by atoms with Crippen molar-refractivity contribution in [3.63, 3.8) is 0 Å². The molecule has 0 saturated heterocycles. The first kappa shape index (κ1) is 18.9. The highest BCUT2D eigenvalue weighted by atomic mass is 16.2. The van der Waals surface area contributed by atoms with E-state index in [1.807, 2.05) is 0 Å². The second-order valence-corrected chi connectivity index (χ2v) is 5.54. The molecule has 0 saturated carbocycles. The fourth-order valence-electron chi connectivity index (χ4n) is 2.20. The maximum Gasteiger partial charge on any atom is 0.239 e. The maximum absolute atomic E-state index is 11.7. The number of amides is 2. The molecule has 0 aliphatic heterocycles. The first-order chi connectivity index (χ1) is 9.61. The standard InChI is InChI=1S/C16H32N2O2/c1-3-5-7-8-9-10-11-13-15(19)18-14(16(17)20)12-6-4-2/h14H,3-13H2,1-2H3,(H2,17,20)(H,18,19). The van der Waals surface area contributed by atoms with Gasteiger partial charge in [0.05, 0.1) is 0 Å². The summed E-state index contributed by atoms with van der Waals surface area (Å²) in [5.41, 5.74) is 5.29. The molecule has 3 N–H and O–H groups in total. The van der Waals surface area contributed by atoms with Crippen LogP contribution in [0.15, 0.2) is 0 Å². The van der Waals surface area contributed by atoms with Crippen molar-refractivity contribution >= 4 is 11.8 Å². The molecule has 4 heteroatoms. The van der Waals surface area contributed by atoms with Crippen LogP contribution in [0.5, 0.6) is 0 Å². The van der Waals surface area contributed by atoms with Gasteiger partial charge in [0.25, 0.3) is 0 Å². The molecule has 1 unspecified atom stereocenters. The molecule has 0 heterocycles. The van der Waals surface area contributed by atoms with Gasteiger partial charge in [-0.2, -0.15) is 0 Å². The fraction of sp³-hybridized carbons (Fsp3) is 0.875. The zero-order valence-electron chi connectivity index (χ0n) is 13.2. The highest BCUT2D eigenvalue weighted by Gasteiger charge is 2.16. The lowest BCUT2D eigenvalue weighted by molar-refractivity contribution is -0.127. The Hall–Kier alpha value is -1.06. The zero-order valence-corrected chi connectivity index (χ0v) is 13.2. The first-order valence-corrected chi connectivity index (χ1v) is 8.20. The summed E-state index contributed by atoms with van der Waals surface area (Å²) in [6, 6.07) is -0.494. The normalized spacial score (nSPS) is 12.1. The SMILES string of the molecule is CCCCCCCCCC(=O)NC(CCCC)C(N)=O. The van der Waals surface area contributed by atoms with Gasteiger partial charge < -0.3 is 11.1 Å². The summed E-state index contributed by atoms with van der Waals surface area (Å²) in [5.74, 6) is -0.468. The number of nitrogens with one attached hydrogen (secondary N) is 1. The van der Waals surface area contributed by atoms with Gasteiger partial charge in [-0.1, -0.05) is 65.2 Å². The number of hydrogen-bond donors (Lipinski definition) is 2. The molecule has 0 aromatic heterocycles. The first-order valence-electron chi connectivity index (χ1n) is 8.20. The molecule has 1 atom stereocenters. The molecule has 118 valence electrons. The van der Waals surface area contributed by atoms with Gasteiger partial charge in [-0.15, -0.1) is 0 Å². The predicted molar refractivity (Wildman–Crippen MR) is 83.3 cm³/mol. The number of carbonyl (C=O) groups excluding carboxylic acids is 2. The molecule has 0 spiro atoms. The van der Waals surface area contributed by atoms with E-state index in [2.05, 4.69) is 19.2 Å². The Kier molecular flexibility index (Phi) is 12.3. The topological polar surface area (TPSA) is 72.2 Å². The Morgan fingerprint density at radius 2 is 1.45 bits per heavy atom. The summed E-state index contributed by atoms with van der Waals surface area (Å²) in [5, 5.41) is 2.75. The smallest absolute Gasteiger partial charge is 0.239 e. The number of rotatable bonds is 13. The zero-order chi connectivity index (χ0) is 15.2. The van der Waals surface area contributed by atoms with Crippen LogP contribution in [0.3, 0.4) is 0 Å². The molecule has 0 aromatic rings. The van der Waals surface area contributed by atoms with E-state index in [0.717, 1.165) is 25.7 Å². The third kappa shape index (κ3) is 10.8. The van der Waals surface area contributed by atoms with Gasteiger partial charge in [0.1, 0.15) is 6.04 Å². The van der Waals surface area contributed by atoms with E-state index in [9.17, 15) is 9.59 Å². The van der Waals surface area contributed by atoms with Crippen molar-refractivity contribution in [3.05, 3.63) is 0 Å². The molecule has 0 aliphatic rings. The van der Waals surface area contributed by atoms with Crippen LogP contribution in [0, 0.1) is 0 Å². The number of unbranched alkanes of at least 4 members (excludes halogenated alkanes) is 7. The third-order valence-electron chi connectivity index (χ3n) is 3.53. The lowest BCUT2D eigenvalue weighted by Gasteiger charge is -2.14. The minimum Gasteiger partial charge on any atom is -0.368 e. The number of carbonyl (C=O) groups is 2. The summed E-state index contributed by atoms with van der Waals surface area (Å²) in [6.07, 6.45) is 11.4. The van der Waals surface area contributed by atoms with E-state index in [4.69, 9.17) is 5.73 Å². The van der Waals surface area contributed by atoms with Gasteiger partial charge in [-0.3, -0.25) is 9.59 Å². The molecule has 0 aromatic carbocycles. The van der Waals surface area contributed by atoms with E-state index in [1.165, 1.54) is 32.1 Å². The molecule has 4 nitrogen and oxygen atoms in total. The molecule has 0 fully saturated rings. The van der Waals surface area contributed by atoms with Crippen LogP contribution in [0.1, 0.15) is 84.5 Å². The lowest BCUT2D eigenvalue weighted by Crippen LogP contribution is -2.44.